The Morgan fingerprint density at radius 2 is 1.62 bits per heavy atom. The molecule has 2 heterocycles. The van der Waals surface area contributed by atoms with Crippen LogP contribution in [-0.2, 0) is 25.3 Å². The van der Waals surface area contributed by atoms with Crippen molar-refractivity contribution in [2.24, 2.45) is 5.92 Å². The summed E-state index contributed by atoms with van der Waals surface area (Å²) < 4.78 is 46.0. The maximum Gasteiger partial charge on any atom is 0.256 e. The number of hydrogen-bond acceptors (Lipinski definition) is 5. The number of nitrogens with one attached hydrogen (secondary N) is 1. The topological polar surface area (TPSA) is 96.0 Å². The van der Waals surface area contributed by atoms with Crippen molar-refractivity contribution in [2.45, 2.75) is 18.6 Å². The van der Waals surface area contributed by atoms with Crippen molar-refractivity contribution < 1.29 is 27.1 Å². The van der Waals surface area contributed by atoms with E-state index < -0.39 is 21.6 Å². The summed E-state index contributed by atoms with van der Waals surface area (Å²) in [6.45, 7) is 2.34. The number of sulfonamides is 1. The molecule has 2 aliphatic rings. The molecule has 182 valence electrons. The highest BCUT2D eigenvalue weighted by atomic mass is 32.2. The highest BCUT2D eigenvalue weighted by Crippen LogP contribution is 2.25. The SMILES string of the molecule is O=C(Nc1ccccc1C(=O)N1CCOCC1)C1CCN(S(=O)(=O)Cc2ccccc2F)CC1. The van der Waals surface area contributed by atoms with Crippen LogP contribution in [0.5, 0.6) is 0 Å². The van der Waals surface area contributed by atoms with Crippen LogP contribution in [0.3, 0.4) is 0 Å². The first-order valence-corrected chi connectivity index (χ1v) is 12.9. The number of rotatable bonds is 6. The standard InChI is InChI=1S/C24H28FN3O5S/c25-21-7-3-1-5-19(21)17-34(31,32)28-11-9-18(10-12-28)23(29)26-22-8-4-2-6-20(22)24(30)27-13-15-33-16-14-27/h1-8,18H,9-17H2,(H,26,29). The first-order chi connectivity index (χ1) is 16.3. The van der Waals surface area contributed by atoms with Crippen molar-refractivity contribution in [3.05, 3.63) is 65.5 Å². The second kappa shape index (κ2) is 10.6. The lowest BCUT2D eigenvalue weighted by Gasteiger charge is -2.31. The van der Waals surface area contributed by atoms with Crippen LogP contribution in [0.1, 0.15) is 28.8 Å². The lowest BCUT2D eigenvalue weighted by Crippen LogP contribution is -2.42. The first kappa shape index (κ1) is 24.3. The van der Waals surface area contributed by atoms with Gasteiger partial charge in [-0.15, -0.1) is 0 Å². The van der Waals surface area contributed by atoms with E-state index in [1.54, 1.807) is 35.2 Å². The molecule has 2 aromatic carbocycles. The smallest absolute Gasteiger partial charge is 0.256 e. The van der Waals surface area contributed by atoms with Gasteiger partial charge in [-0.3, -0.25) is 9.59 Å². The van der Waals surface area contributed by atoms with Crippen LogP contribution in [0.25, 0.3) is 0 Å². The number of amides is 2. The fraction of sp³-hybridized carbons (Fsp3) is 0.417. The molecule has 2 fully saturated rings. The minimum Gasteiger partial charge on any atom is -0.378 e. The van der Waals surface area contributed by atoms with E-state index in [1.807, 2.05) is 0 Å². The molecule has 0 bridgehead atoms. The Hall–Kier alpha value is -2.82. The average molecular weight is 490 g/mol. The highest BCUT2D eigenvalue weighted by Gasteiger charge is 2.32. The number of carbonyl (C=O) groups excluding carboxylic acids is 2. The molecular weight excluding hydrogens is 461 g/mol. The van der Waals surface area contributed by atoms with E-state index in [1.165, 1.54) is 22.5 Å². The van der Waals surface area contributed by atoms with E-state index in [4.69, 9.17) is 4.74 Å². The highest BCUT2D eigenvalue weighted by molar-refractivity contribution is 7.88. The van der Waals surface area contributed by atoms with Gasteiger partial charge in [0.25, 0.3) is 5.91 Å². The number of benzene rings is 2. The number of hydrogen-bond donors (Lipinski definition) is 1. The Labute approximate surface area is 198 Å². The number of para-hydroxylation sites is 1. The molecule has 10 heteroatoms. The number of anilines is 1. The molecule has 2 aromatic rings. The monoisotopic (exact) mass is 489 g/mol. The zero-order chi connectivity index (χ0) is 24.1. The van der Waals surface area contributed by atoms with Crippen LogP contribution in [0.4, 0.5) is 10.1 Å². The number of halogens is 1. The third-order valence-electron chi connectivity index (χ3n) is 6.23. The summed E-state index contributed by atoms with van der Waals surface area (Å²) in [5.74, 6) is -1.74. The van der Waals surface area contributed by atoms with Crippen molar-refractivity contribution in [3.8, 4) is 0 Å². The molecule has 0 radical (unpaired) electrons. The predicted molar refractivity (Wildman–Crippen MR) is 125 cm³/mol. The molecule has 2 amide bonds. The predicted octanol–water partition coefficient (Wildman–Crippen LogP) is 2.48. The Morgan fingerprint density at radius 3 is 2.32 bits per heavy atom. The van der Waals surface area contributed by atoms with Gasteiger partial charge in [-0.1, -0.05) is 30.3 Å². The van der Waals surface area contributed by atoms with Crippen molar-refractivity contribution >= 4 is 27.5 Å². The van der Waals surface area contributed by atoms with E-state index in [9.17, 15) is 22.4 Å². The van der Waals surface area contributed by atoms with Gasteiger partial charge in [-0.05, 0) is 31.0 Å². The molecule has 8 nitrogen and oxygen atoms in total. The van der Waals surface area contributed by atoms with Crippen LogP contribution in [-0.4, -0.2) is 68.8 Å². The minimum atomic E-state index is -3.70. The number of carbonyl (C=O) groups is 2. The Balaban J connectivity index is 1.36. The lowest BCUT2D eigenvalue weighted by atomic mass is 9.97. The maximum atomic E-state index is 13.9. The zero-order valence-electron chi connectivity index (χ0n) is 18.8. The summed E-state index contributed by atoms with van der Waals surface area (Å²) in [4.78, 5) is 27.6. The normalized spacial score (nSPS) is 18.0. The molecule has 2 saturated heterocycles. The van der Waals surface area contributed by atoms with Crippen LogP contribution < -0.4 is 5.32 Å². The van der Waals surface area contributed by atoms with E-state index in [0.29, 0.717) is 50.4 Å². The molecule has 2 aliphatic heterocycles. The van der Waals surface area contributed by atoms with Gasteiger partial charge in [0, 0.05) is 37.7 Å². The summed E-state index contributed by atoms with van der Waals surface area (Å²) in [6, 6.07) is 12.7. The molecule has 0 aliphatic carbocycles. The Bertz CT molecular complexity index is 1140. The number of morpholine rings is 1. The summed E-state index contributed by atoms with van der Waals surface area (Å²) in [6.07, 6.45) is 0.698. The van der Waals surface area contributed by atoms with Crippen molar-refractivity contribution in [1.29, 1.82) is 0 Å². The van der Waals surface area contributed by atoms with E-state index in [2.05, 4.69) is 5.32 Å². The van der Waals surface area contributed by atoms with Gasteiger partial charge in [-0.25, -0.2) is 17.1 Å². The summed E-state index contributed by atoms with van der Waals surface area (Å²) in [7, 11) is -3.70. The quantitative estimate of drug-likeness (QED) is 0.673. The fourth-order valence-electron chi connectivity index (χ4n) is 4.25. The summed E-state index contributed by atoms with van der Waals surface area (Å²) in [5.41, 5.74) is 0.991. The Kier molecular flexibility index (Phi) is 7.60. The van der Waals surface area contributed by atoms with Gasteiger partial charge in [0.05, 0.1) is 30.2 Å². The molecular formula is C24H28FN3O5S. The average Bonchev–Trinajstić information content (AvgIpc) is 2.86. The second-order valence-electron chi connectivity index (χ2n) is 8.46. The Morgan fingerprint density at radius 1 is 0.971 bits per heavy atom. The molecule has 4 rings (SSSR count). The second-order valence-corrected chi connectivity index (χ2v) is 10.4. The fourth-order valence-corrected chi connectivity index (χ4v) is 5.83. The van der Waals surface area contributed by atoms with Crippen molar-refractivity contribution in [3.63, 3.8) is 0 Å². The molecule has 0 spiro atoms. The lowest BCUT2D eigenvalue weighted by molar-refractivity contribution is -0.120. The molecule has 0 aromatic heterocycles. The maximum absolute atomic E-state index is 13.9. The van der Waals surface area contributed by atoms with Gasteiger partial charge >= 0.3 is 0 Å². The van der Waals surface area contributed by atoms with Crippen LogP contribution in [0.2, 0.25) is 0 Å². The van der Waals surface area contributed by atoms with Gasteiger partial charge < -0.3 is 15.0 Å². The molecule has 1 N–H and O–H groups in total. The number of piperidine rings is 1. The summed E-state index contributed by atoms with van der Waals surface area (Å²) >= 11 is 0. The van der Waals surface area contributed by atoms with E-state index >= 15 is 0 Å². The third-order valence-corrected chi connectivity index (χ3v) is 8.06. The first-order valence-electron chi connectivity index (χ1n) is 11.3. The minimum absolute atomic E-state index is 0.129. The van der Waals surface area contributed by atoms with Crippen molar-refractivity contribution in [1.82, 2.24) is 9.21 Å². The molecule has 0 saturated carbocycles. The molecule has 34 heavy (non-hydrogen) atoms. The summed E-state index contributed by atoms with van der Waals surface area (Å²) in [5, 5.41) is 2.87. The van der Waals surface area contributed by atoms with E-state index in [-0.39, 0.29) is 36.4 Å². The van der Waals surface area contributed by atoms with Gasteiger partial charge in [0.1, 0.15) is 5.82 Å². The van der Waals surface area contributed by atoms with Gasteiger partial charge in [0.2, 0.25) is 15.9 Å². The van der Waals surface area contributed by atoms with Gasteiger partial charge in [0.15, 0.2) is 0 Å². The van der Waals surface area contributed by atoms with Crippen LogP contribution >= 0.6 is 0 Å². The largest absolute Gasteiger partial charge is 0.378 e. The van der Waals surface area contributed by atoms with Crippen molar-refractivity contribution in [2.75, 3.05) is 44.7 Å². The van der Waals surface area contributed by atoms with E-state index in [0.717, 1.165) is 0 Å². The third kappa shape index (κ3) is 5.63. The van der Waals surface area contributed by atoms with Gasteiger partial charge in [-0.2, -0.15) is 0 Å². The molecule has 0 unspecified atom stereocenters. The van der Waals surface area contributed by atoms with Crippen LogP contribution in [0, 0.1) is 11.7 Å². The number of nitrogens with zero attached hydrogens (tertiary/aromatic N) is 2. The zero-order valence-corrected chi connectivity index (χ0v) is 19.6. The number of ether oxygens (including phenoxy) is 1. The molecule has 0 atom stereocenters. The van der Waals surface area contributed by atoms with Crippen LogP contribution in [0.15, 0.2) is 48.5 Å².